The molecule has 2 aromatic heterocycles. The number of nitrogens with zero attached hydrogens (tertiary/aromatic N) is 2. The van der Waals surface area contributed by atoms with Gasteiger partial charge in [-0.25, -0.2) is 0 Å². The molecule has 2 rings (SSSR count). The molecule has 0 radical (unpaired) electrons. The SMILES string of the molecule is Cc1[nH]nc(-c2ccncc2)c1CCO. The lowest BCUT2D eigenvalue weighted by atomic mass is 10.1. The van der Waals surface area contributed by atoms with Crippen molar-refractivity contribution in [2.45, 2.75) is 13.3 Å². The van der Waals surface area contributed by atoms with E-state index < -0.39 is 0 Å². The highest BCUT2D eigenvalue weighted by Gasteiger charge is 2.10. The second-order valence-corrected chi connectivity index (χ2v) is 3.39. The zero-order valence-electron chi connectivity index (χ0n) is 8.57. The summed E-state index contributed by atoms with van der Waals surface area (Å²) in [5.74, 6) is 0. The summed E-state index contributed by atoms with van der Waals surface area (Å²) in [4.78, 5) is 3.97. The molecule has 4 heteroatoms. The molecule has 0 fully saturated rings. The summed E-state index contributed by atoms with van der Waals surface area (Å²) in [6.07, 6.45) is 4.10. The summed E-state index contributed by atoms with van der Waals surface area (Å²) in [5.41, 5.74) is 4.02. The van der Waals surface area contributed by atoms with Gasteiger partial charge in [-0.2, -0.15) is 5.10 Å². The molecule has 0 aliphatic heterocycles. The number of hydrogen-bond donors (Lipinski definition) is 2. The Morgan fingerprint density at radius 2 is 2.07 bits per heavy atom. The van der Waals surface area contributed by atoms with Crippen molar-refractivity contribution in [3.8, 4) is 11.3 Å². The molecule has 0 saturated carbocycles. The molecular weight excluding hydrogens is 190 g/mol. The van der Waals surface area contributed by atoms with Crippen molar-refractivity contribution in [3.63, 3.8) is 0 Å². The second-order valence-electron chi connectivity index (χ2n) is 3.39. The summed E-state index contributed by atoms with van der Waals surface area (Å²) in [6.45, 7) is 2.10. The van der Waals surface area contributed by atoms with Crippen LogP contribution in [0, 0.1) is 6.92 Å². The van der Waals surface area contributed by atoms with E-state index in [1.54, 1.807) is 12.4 Å². The Balaban J connectivity index is 2.44. The van der Waals surface area contributed by atoms with Crippen molar-refractivity contribution in [3.05, 3.63) is 35.8 Å². The van der Waals surface area contributed by atoms with Gasteiger partial charge in [-0.1, -0.05) is 0 Å². The van der Waals surface area contributed by atoms with Gasteiger partial charge in [0.25, 0.3) is 0 Å². The summed E-state index contributed by atoms with van der Waals surface area (Å²) in [7, 11) is 0. The van der Waals surface area contributed by atoms with E-state index in [4.69, 9.17) is 5.11 Å². The first-order valence-electron chi connectivity index (χ1n) is 4.88. The fourth-order valence-corrected chi connectivity index (χ4v) is 1.62. The molecule has 2 N–H and O–H groups in total. The molecule has 0 amide bonds. The highest BCUT2D eigenvalue weighted by molar-refractivity contribution is 5.63. The molecular formula is C11H13N3O. The number of aryl methyl sites for hydroxylation is 1. The smallest absolute Gasteiger partial charge is 0.0957 e. The number of aromatic nitrogens is 3. The van der Waals surface area contributed by atoms with Gasteiger partial charge in [-0.15, -0.1) is 0 Å². The summed E-state index contributed by atoms with van der Waals surface area (Å²) in [5, 5.41) is 16.2. The maximum absolute atomic E-state index is 8.98. The molecule has 0 saturated heterocycles. The van der Waals surface area contributed by atoms with Gasteiger partial charge in [-0.05, 0) is 25.5 Å². The molecule has 4 nitrogen and oxygen atoms in total. The van der Waals surface area contributed by atoms with Gasteiger partial charge in [0.05, 0.1) is 5.69 Å². The van der Waals surface area contributed by atoms with Crippen LogP contribution in [0.2, 0.25) is 0 Å². The maximum atomic E-state index is 8.98. The van der Waals surface area contributed by atoms with Gasteiger partial charge in [0.2, 0.25) is 0 Å². The lowest BCUT2D eigenvalue weighted by Gasteiger charge is -2.01. The molecule has 78 valence electrons. The number of aliphatic hydroxyl groups is 1. The Hall–Kier alpha value is -1.68. The lowest BCUT2D eigenvalue weighted by molar-refractivity contribution is 0.299. The third-order valence-electron chi connectivity index (χ3n) is 2.39. The Morgan fingerprint density at radius 1 is 1.33 bits per heavy atom. The van der Waals surface area contributed by atoms with Crippen LogP contribution in [-0.4, -0.2) is 26.9 Å². The number of hydrogen-bond acceptors (Lipinski definition) is 3. The van der Waals surface area contributed by atoms with Gasteiger partial charge in [0, 0.05) is 35.8 Å². The summed E-state index contributed by atoms with van der Waals surface area (Å²) < 4.78 is 0. The molecule has 15 heavy (non-hydrogen) atoms. The fourth-order valence-electron chi connectivity index (χ4n) is 1.62. The number of aliphatic hydroxyl groups excluding tert-OH is 1. The number of nitrogens with one attached hydrogen (secondary N) is 1. The van der Waals surface area contributed by atoms with Gasteiger partial charge in [0.15, 0.2) is 0 Å². The third kappa shape index (κ3) is 1.89. The molecule has 0 unspecified atom stereocenters. The Labute approximate surface area is 88.0 Å². The average Bonchev–Trinajstić information content (AvgIpc) is 2.63. The van der Waals surface area contributed by atoms with E-state index in [1.165, 1.54) is 0 Å². The zero-order valence-corrected chi connectivity index (χ0v) is 8.57. The standard InChI is InChI=1S/C11H13N3O/c1-8-10(4-7-15)11(14-13-8)9-2-5-12-6-3-9/h2-3,5-6,15H,4,7H2,1H3,(H,13,14). The van der Waals surface area contributed by atoms with Gasteiger partial charge >= 0.3 is 0 Å². The highest BCUT2D eigenvalue weighted by Crippen LogP contribution is 2.22. The first-order chi connectivity index (χ1) is 7.33. The first-order valence-corrected chi connectivity index (χ1v) is 4.88. The summed E-state index contributed by atoms with van der Waals surface area (Å²) >= 11 is 0. The topological polar surface area (TPSA) is 61.8 Å². The quantitative estimate of drug-likeness (QED) is 0.790. The van der Waals surface area contributed by atoms with Gasteiger partial charge in [0.1, 0.15) is 0 Å². The number of pyridine rings is 1. The Kier molecular flexibility index (Phi) is 2.78. The molecule has 0 spiro atoms. The first kappa shape index (κ1) is 9.86. The third-order valence-corrected chi connectivity index (χ3v) is 2.39. The largest absolute Gasteiger partial charge is 0.396 e. The van der Waals surface area contributed by atoms with Crippen LogP contribution in [0.5, 0.6) is 0 Å². The maximum Gasteiger partial charge on any atom is 0.0957 e. The second kappa shape index (κ2) is 4.23. The minimum atomic E-state index is 0.137. The van der Waals surface area contributed by atoms with Crippen molar-refractivity contribution in [1.29, 1.82) is 0 Å². The van der Waals surface area contributed by atoms with Crippen LogP contribution in [0.25, 0.3) is 11.3 Å². The highest BCUT2D eigenvalue weighted by atomic mass is 16.2. The predicted octanol–water partition coefficient (Wildman–Crippen LogP) is 1.31. The molecule has 2 aromatic rings. The van der Waals surface area contributed by atoms with Crippen LogP contribution in [0.1, 0.15) is 11.3 Å². The van der Waals surface area contributed by atoms with E-state index in [0.29, 0.717) is 6.42 Å². The lowest BCUT2D eigenvalue weighted by Crippen LogP contribution is -1.94. The van der Waals surface area contributed by atoms with Gasteiger partial charge < -0.3 is 5.11 Å². The summed E-state index contributed by atoms with van der Waals surface area (Å²) in [6, 6.07) is 3.83. The minimum Gasteiger partial charge on any atom is -0.396 e. The van der Waals surface area contributed by atoms with Crippen LogP contribution in [0.15, 0.2) is 24.5 Å². The normalized spacial score (nSPS) is 10.5. The molecule has 2 heterocycles. The van der Waals surface area contributed by atoms with Crippen LogP contribution >= 0.6 is 0 Å². The van der Waals surface area contributed by atoms with E-state index >= 15 is 0 Å². The van der Waals surface area contributed by atoms with Crippen molar-refractivity contribution < 1.29 is 5.11 Å². The molecule has 0 aliphatic carbocycles. The van der Waals surface area contributed by atoms with Crippen molar-refractivity contribution in [1.82, 2.24) is 15.2 Å². The van der Waals surface area contributed by atoms with E-state index in [-0.39, 0.29) is 6.61 Å². The van der Waals surface area contributed by atoms with E-state index in [2.05, 4.69) is 15.2 Å². The average molecular weight is 203 g/mol. The monoisotopic (exact) mass is 203 g/mol. The Bertz CT molecular complexity index is 436. The van der Waals surface area contributed by atoms with Crippen LogP contribution in [-0.2, 0) is 6.42 Å². The van der Waals surface area contributed by atoms with Crippen molar-refractivity contribution in [2.75, 3.05) is 6.61 Å². The molecule has 0 bridgehead atoms. The van der Waals surface area contributed by atoms with Crippen molar-refractivity contribution >= 4 is 0 Å². The van der Waals surface area contributed by atoms with E-state index in [1.807, 2.05) is 19.1 Å². The predicted molar refractivity (Wildman–Crippen MR) is 57.3 cm³/mol. The minimum absolute atomic E-state index is 0.137. The number of H-pyrrole nitrogens is 1. The zero-order chi connectivity index (χ0) is 10.7. The number of aromatic amines is 1. The molecule has 0 aromatic carbocycles. The van der Waals surface area contributed by atoms with E-state index in [0.717, 1.165) is 22.5 Å². The fraction of sp³-hybridized carbons (Fsp3) is 0.273. The van der Waals surface area contributed by atoms with Gasteiger partial charge in [-0.3, -0.25) is 10.1 Å². The van der Waals surface area contributed by atoms with Crippen molar-refractivity contribution in [2.24, 2.45) is 0 Å². The number of rotatable bonds is 3. The van der Waals surface area contributed by atoms with Crippen LogP contribution in [0.4, 0.5) is 0 Å². The van der Waals surface area contributed by atoms with E-state index in [9.17, 15) is 0 Å². The molecule has 0 atom stereocenters. The molecule has 0 aliphatic rings. The van der Waals surface area contributed by atoms with Crippen LogP contribution < -0.4 is 0 Å². The van der Waals surface area contributed by atoms with Crippen LogP contribution in [0.3, 0.4) is 0 Å². The Morgan fingerprint density at radius 3 is 2.73 bits per heavy atom.